The molecule has 4 N–H and O–H groups in total. The van der Waals surface area contributed by atoms with Crippen LogP contribution in [0.5, 0.6) is 0 Å². The van der Waals surface area contributed by atoms with E-state index in [-0.39, 0.29) is 0 Å². The maximum atomic E-state index is 5.46. The Bertz CT molecular complexity index is 321. The zero-order valence-corrected chi connectivity index (χ0v) is 7.57. The smallest absolute Gasteiger partial charge is 0.0965 e. The van der Waals surface area contributed by atoms with Crippen LogP contribution in [0.25, 0.3) is 5.70 Å². The van der Waals surface area contributed by atoms with E-state index in [0.29, 0.717) is 11.5 Å². The van der Waals surface area contributed by atoms with Gasteiger partial charge in [0.2, 0.25) is 0 Å². The molecule has 3 heteroatoms. The maximum Gasteiger partial charge on any atom is 0.0965 e. The second kappa shape index (κ2) is 4.30. The van der Waals surface area contributed by atoms with Crippen LogP contribution in [-0.2, 0) is 0 Å². The Hall–Kier alpha value is -1.77. The molecule has 0 aliphatic heterocycles. The summed E-state index contributed by atoms with van der Waals surface area (Å²) in [5, 5.41) is 0. The van der Waals surface area contributed by atoms with Crippen molar-refractivity contribution in [1.82, 2.24) is 0 Å². The first kappa shape index (κ1) is 9.32. The number of nitrogens with zero attached hydrogens (tertiary/aromatic N) is 1. The normalized spacial score (nSPS) is 13.0. The van der Waals surface area contributed by atoms with Gasteiger partial charge in [0.1, 0.15) is 0 Å². The zero-order chi connectivity index (χ0) is 9.68. The van der Waals surface area contributed by atoms with Crippen molar-refractivity contribution in [2.75, 3.05) is 0 Å². The lowest BCUT2D eigenvalue weighted by Crippen LogP contribution is -2.05. The molecule has 0 aromatic heterocycles. The molecule has 0 radical (unpaired) electrons. The van der Waals surface area contributed by atoms with Crippen molar-refractivity contribution in [2.24, 2.45) is 16.5 Å². The highest BCUT2D eigenvalue weighted by Crippen LogP contribution is 2.13. The maximum absolute atomic E-state index is 5.46. The predicted octanol–water partition coefficient (Wildman–Crippen LogP) is 1.32. The molecular weight excluding hydrogens is 162 g/mol. The van der Waals surface area contributed by atoms with Gasteiger partial charge in [-0.15, -0.1) is 0 Å². The monoisotopic (exact) mass is 175 g/mol. The van der Waals surface area contributed by atoms with Crippen molar-refractivity contribution in [3.63, 3.8) is 0 Å². The zero-order valence-electron chi connectivity index (χ0n) is 7.57. The Labute approximate surface area is 77.8 Å². The van der Waals surface area contributed by atoms with E-state index in [0.717, 1.165) is 5.56 Å². The van der Waals surface area contributed by atoms with Crippen LogP contribution < -0.4 is 11.5 Å². The van der Waals surface area contributed by atoms with Crippen LogP contribution in [0.1, 0.15) is 12.5 Å². The van der Waals surface area contributed by atoms with E-state index in [4.69, 9.17) is 11.5 Å². The molecule has 13 heavy (non-hydrogen) atoms. The summed E-state index contributed by atoms with van der Waals surface area (Å²) in [6.45, 7) is 1.73. The predicted molar refractivity (Wildman–Crippen MR) is 55.9 cm³/mol. The standard InChI is InChI=1S/C10H13N3/c1-8(12)13-10(7-11)9-5-3-2-4-6-9/h2-7H,11H2,1H3,(H2,12,13)/b10-7-. The number of nitrogens with two attached hydrogens (primary N) is 2. The van der Waals surface area contributed by atoms with Gasteiger partial charge in [0.25, 0.3) is 0 Å². The summed E-state index contributed by atoms with van der Waals surface area (Å²) < 4.78 is 0. The minimum atomic E-state index is 0.501. The van der Waals surface area contributed by atoms with Crippen molar-refractivity contribution >= 4 is 11.5 Å². The lowest BCUT2D eigenvalue weighted by atomic mass is 10.2. The topological polar surface area (TPSA) is 64.4 Å². The largest absolute Gasteiger partial charge is 0.403 e. The third kappa shape index (κ3) is 2.63. The number of hydrogen-bond acceptors (Lipinski definition) is 2. The second-order valence-electron chi connectivity index (χ2n) is 2.67. The van der Waals surface area contributed by atoms with Gasteiger partial charge >= 0.3 is 0 Å². The summed E-state index contributed by atoms with van der Waals surface area (Å²) in [6, 6.07) is 9.67. The van der Waals surface area contributed by atoms with Crippen LogP contribution in [0.2, 0.25) is 0 Å². The van der Waals surface area contributed by atoms with Gasteiger partial charge in [-0.3, -0.25) is 0 Å². The summed E-state index contributed by atoms with van der Waals surface area (Å²) in [4.78, 5) is 4.10. The minimum Gasteiger partial charge on any atom is -0.403 e. The van der Waals surface area contributed by atoms with Crippen LogP contribution in [0.15, 0.2) is 41.5 Å². The minimum absolute atomic E-state index is 0.501. The first-order valence-corrected chi connectivity index (χ1v) is 4.02. The SMILES string of the molecule is CC(N)=N/C(=C\N)c1ccccc1. The van der Waals surface area contributed by atoms with Crippen molar-refractivity contribution in [2.45, 2.75) is 6.92 Å². The number of hydrogen-bond donors (Lipinski definition) is 2. The van der Waals surface area contributed by atoms with E-state index in [2.05, 4.69) is 4.99 Å². The van der Waals surface area contributed by atoms with E-state index < -0.39 is 0 Å². The van der Waals surface area contributed by atoms with Gasteiger partial charge in [0.05, 0.1) is 11.5 Å². The summed E-state index contributed by atoms with van der Waals surface area (Å²) >= 11 is 0. The van der Waals surface area contributed by atoms with E-state index in [1.54, 1.807) is 6.92 Å². The van der Waals surface area contributed by atoms with Gasteiger partial charge < -0.3 is 11.5 Å². The Morgan fingerprint density at radius 3 is 2.38 bits per heavy atom. The van der Waals surface area contributed by atoms with Crippen molar-refractivity contribution in [3.05, 3.63) is 42.1 Å². The van der Waals surface area contributed by atoms with Crippen LogP contribution >= 0.6 is 0 Å². The molecule has 0 amide bonds. The molecular formula is C10H13N3. The highest BCUT2D eigenvalue weighted by Gasteiger charge is 1.96. The van der Waals surface area contributed by atoms with Crippen LogP contribution in [0.4, 0.5) is 0 Å². The number of rotatable bonds is 2. The van der Waals surface area contributed by atoms with E-state index in [1.807, 2.05) is 30.3 Å². The molecule has 0 heterocycles. The average Bonchev–Trinajstić information content (AvgIpc) is 2.15. The first-order chi connectivity index (χ1) is 6.24. The number of amidine groups is 1. The molecule has 1 aromatic rings. The Balaban J connectivity index is 3.00. The van der Waals surface area contributed by atoms with Gasteiger partial charge in [-0.25, -0.2) is 4.99 Å². The molecule has 0 aliphatic carbocycles. The molecule has 0 saturated carbocycles. The summed E-state index contributed by atoms with van der Waals surface area (Å²) in [6.07, 6.45) is 1.45. The quantitative estimate of drug-likeness (QED) is 0.526. The fraction of sp³-hybridized carbons (Fsp3) is 0.100. The Morgan fingerprint density at radius 2 is 1.92 bits per heavy atom. The molecule has 0 spiro atoms. The van der Waals surface area contributed by atoms with Gasteiger partial charge in [0.15, 0.2) is 0 Å². The Kier molecular flexibility index (Phi) is 3.09. The highest BCUT2D eigenvalue weighted by molar-refractivity contribution is 5.84. The molecule has 1 rings (SSSR count). The molecule has 0 unspecified atom stereocenters. The van der Waals surface area contributed by atoms with Gasteiger partial charge in [-0.2, -0.15) is 0 Å². The van der Waals surface area contributed by atoms with Crippen LogP contribution in [-0.4, -0.2) is 5.84 Å². The van der Waals surface area contributed by atoms with Crippen molar-refractivity contribution in [3.8, 4) is 0 Å². The third-order valence-corrected chi connectivity index (χ3v) is 1.52. The first-order valence-electron chi connectivity index (χ1n) is 4.02. The van der Waals surface area contributed by atoms with Gasteiger partial charge in [0, 0.05) is 11.8 Å². The molecule has 0 bridgehead atoms. The van der Waals surface area contributed by atoms with Crippen molar-refractivity contribution in [1.29, 1.82) is 0 Å². The highest BCUT2D eigenvalue weighted by atomic mass is 14.9. The number of aliphatic imine (C=N–C) groups is 1. The van der Waals surface area contributed by atoms with Crippen molar-refractivity contribution < 1.29 is 0 Å². The molecule has 0 saturated heterocycles. The molecule has 0 atom stereocenters. The fourth-order valence-electron chi connectivity index (χ4n) is 0.997. The fourth-order valence-corrected chi connectivity index (χ4v) is 0.997. The summed E-state index contributed by atoms with van der Waals surface area (Å²) in [7, 11) is 0. The third-order valence-electron chi connectivity index (χ3n) is 1.52. The second-order valence-corrected chi connectivity index (χ2v) is 2.67. The van der Waals surface area contributed by atoms with E-state index >= 15 is 0 Å². The summed E-state index contributed by atoms with van der Waals surface area (Å²) in [5.41, 5.74) is 12.6. The molecule has 0 aliphatic rings. The van der Waals surface area contributed by atoms with Gasteiger partial charge in [-0.1, -0.05) is 30.3 Å². The average molecular weight is 175 g/mol. The summed E-state index contributed by atoms with van der Waals surface area (Å²) in [5.74, 6) is 0.501. The van der Waals surface area contributed by atoms with E-state index in [9.17, 15) is 0 Å². The van der Waals surface area contributed by atoms with Crippen LogP contribution in [0, 0.1) is 0 Å². The lowest BCUT2D eigenvalue weighted by Gasteiger charge is -2.00. The lowest BCUT2D eigenvalue weighted by molar-refractivity contribution is 1.42. The Morgan fingerprint density at radius 1 is 1.31 bits per heavy atom. The molecule has 3 nitrogen and oxygen atoms in total. The van der Waals surface area contributed by atoms with Gasteiger partial charge in [-0.05, 0) is 6.92 Å². The number of benzene rings is 1. The molecule has 0 fully saturated rings. The molecule has 1 aromatic carbocycles. The van der Waals surface area contributed by atoms with E-state index in [1.165, 1.54) is 6.20 Å². The van der Waals surface area contributed by atoms with Crippen LogP contribution in [0.3, 0.4) is 0 Å². The molecule has 68 valence electrons.